The zero-order valence-electron chi connectivity index (χ0n) is 15.4. The van der Waals surface area contributed by atoms with Gasteiger partial charge in [0.25, 0.3) is 5.91 Å². The average Bonchev–Trinajstić information content (AvgIpc) is 3.19. The lowest BCUT2D eigenvalue weighted by atomic mass is 9.83. The van der Waals surface area contributed by atoms with Crippen molar-refractivity contribution in [2.24, 2.45) is 5.92 Å². The zero-order chi connectivity index (χ0) is 18.6. The number of benzene rings is 1. The van der Waals surface area contributed by atoms with E-state index in [1.165, 1.54) is 12.0 Å². The number of hydrogen-bond donors (Lipinski definition) is 0. The minimum atomic E-state index is 0.101. The summed E-state index contributed by atoms with van der Waals surface area (Å²) < 4.78 is 5.69. The van der Waals surface area contributed by atoms with E-state index in [0.29, 0.717) is 22.7 Å². The number of nitrogens with zero attached hydrogens (tertiary/aromatic N) is 2. The molecule has 2 saturated heterocycles. The first-order valence-electron chi connectivity index (χ1n) is 9.60. The topological polar surface area (TPSA) is 32.8 Å². The molecule has 4 nitrogen and oxygen atoms in total. The third kappa shape index (κ3) is 4.65. The third-order valence-electron chi connectivity index (χ3n) is 5.63. The summed E-state index contributed by atoms with van der Waals surface area (Å²) in [5.74, 6) is 1.36. The Morgan fingerprint density at radius 2 is 2.04 bits per heavy atom. The van der Waals surface area contributed by atoms with Gasteiger partial charge in [-0.05, 0) is 71.8 Å². The van der Waals surface area contributed by atoms with Crippen LogP contribution in [0, 0.1) is 5.92 Å². The lowest BCUT2D eigenvalue weighted by Gasteiger charge is -2.47. The monoisotopic (exact) mass is 404 g/mol. The second-order valence-corrected chi connectivity index (χ2v) is 8.67. The highest BCUT2D eigenvalue weighted by Gasteiger charge is 2.38. The Morgan fingerprint density at radius 1 is 1.19 bits per heavy atom. The van der Waals surface area contributed by atoms with Crippen LogP contribution in [0.15, 0.2) is 41.1 Å². The molecule has 1 aromatic carbocycles. The highest BCUT2D eigenvalue weighted by atomic mass is 35.5. The Balaban J connectivity index is 1.32. The first-order chi connectivity index (χ1) is 13.2. The minimum Gasteiger partial charge on any atom is -0.484 e. The van der Waals surface area contributed by atoms with Crippen molar-refractivity contribution in [2.75, 3.05) is 26.2 Å². The van der Waals surface area contributed by atoms with E-state index in [1.54, 1.807) is 35.6 Å². The van der Waals surface area contributed by atoms with Gasteiger partial charge in [0.1, 0.15) is 5.75 Å². The lowest BCUT2D eigenvalue weighted by Crippen LogP contribution is -2.56. The average molecular weight is 405 g/mol. The number of carbonyl (C=O) groups is 1. The Kier molecular flexibility index (Phi) is 6.01. The standard InChI is InChI=1S/C21H25ClN2O2S/c22-18-3-5-19(6-4-18)26-14-21(25)24-9-1-2-17-13-23(10-7-20(17)24)12-16-8-11-27-15-16/h3-6,8,11,15,17,20H,1-2,7,9-10,12-14H2/t17-,20-/m1/s1. The van der Waals surface area contributed by atoms with Crippen molar-refractivity contribution >= 4 is 28.8 Å². The largest absolute Gasteiger partial charge is 0.484 e. The maximum Gasteiger partial charge on any atom is 0.260 e. The van der Waals surface area contributed by atoms with Gasteiger partial charge in [0.15, 0.2) is 6.61 Å². The van der Waals surface area contributed by atoms with Gasteiger partial charge in [0.05, 0.1) is 0 Å². The molecular formula is C21H25ClN2O2S. The van der Waals surface area contributed by atoms with E-state index < -0.39 is 0 Å². The normalized spacial score (nSPS) is 23.1. The summed E-state index contributed by atoms with van der Waals surface area (Å²) in [5, 5.41) is 5.04. The molecule has 3 heterocycles. The van der Waals surface area contributed by atoms with Crippen LogP contribution in [-0.4, -0.2) is 48.0 Å². The number of hydrogen-bond acceptors (Lipinski definition) is 4. The van der Waals surface area contributed by atoms with Crippen molar-refractivity contribution in [1.82, 2.24) is 9.80 Å². The number of carbonyl (C=O) groups excluding carboxylic acids is 1. The van der Waals surface area contributed by atoms with E-state index in [2.05, 4.69) is 26.6 Å². The molecule has 0 aliphatic carbocycles. The maximum absolute atomic E-state index is 12.8. The van der Waals surface area contributed by atoms with Crippen LogP contribution in [0.2, 0.25) is 5.02 Å². The summed E-state index contributed by atoms with van der Waals surface area (Å²) in [6.45, 7) is 4.12. The molecule has 4 rings (SSSR count). The zero-order valence-corrected chi connectivity index (χ0v) is 16.9. The van der Waals surface area contributed by atoms with Gasteiger partial charge in [-0.15, -0.1) is 0 Å². The van der Waals surface area contributed by atoms with E-state index in [0.717, 1.165) is 39.0 Å². The Labute approximate surface area is 169 Å². The van der Waals surface area contributed by atoms with Crippen LogP contribution in [0.1, 0.15) is 24.8 Å². The molecule has 2 atom stereocenters. The predicted octanol–water partition coefficient (Wildman–Crippen LogP) is 4.29. The molecule has 0 spiro atoms. The molecule has 2 aromatic rings. The van der Waals surface area contributed by atoms with E-state index in [9.17, 15) is 4.79 Å². The van der Waals surface area contributed by atoms with Gasteiger partial charge >= 0.3 is 0 Å². The van der Waals surface area contributed by atoms with E-state index in [4.69, 9.17) is 16.3 Å². The quantitative estimate of drug-likeness (QED) is 0.745. The van der Waals surface area contributed by atoms with E-state index >= 15 is 0 Å². The molecule has 1 amide bonds. The smallest absolute Gasteiger partial charge is 0.260 e. The second-order valence-electron chi connectivity index (χ2n) is 7.45. The summed E-state index contributed by atoms with van der Waals surface area (Å²) >= 11 is 7.65. The van der Waals surface area contributed by atoms with Crippen LogP contribution < -0.4 is 4.74 Å². The molecule has 1 aromatic heterocycles. The van der Waals surface area contributed by atoms with Crippen LogP contribution in [-0.2, 0) is 11.3 Å². The number of rotatable bonds is 5. The molecule has 0 N–H and O–H groups in total. The molecule has 0 bridgehead atoms. The first kappa shape index (κ1) is 18.8. The van der Waals surface area contributed by atoms with Gasteiger partial charge in [-0.25, -0.2) is 0 Å². The van der Waals surface area contributed by atoms with Crippen molar-refractivity contribution < 1.29 is 9.53 Å². The van der Waals surface area contributed by atoms with Gasteiger partial charge in [0.2, 0.25) is 0 Å². The van der Waals surface area contributed by atoms with Crippen LogP contribution in [0.4, 0.5) is 0 Å². The number of thiophene rings is 1. The summed E-state index contributed by atoms with van der Waals surface area (Å²) in [6, 6.07) is 9.73. The molecule has 2 aliphatic rings. The van der Waals surface area contributed by atoms with Crippen molar-refractivity contribution in [3.05, 3.63) is 51.7 Å². The van der Waals surface area contributed by atoms with Crippen LogP contribution in [0.25, 0.3) is 0 Å². The molecule has 0 unspecified atom stereocenters. The number of likely N-dealkylation sites (tertiary alicyclic amines) is 2. The maximum atomic E-state index is 12.8. The van der Waals surface area contributed by atoms with Crippen LogP contribution in [0.3, 0.4) is 0 Å². The Morgan fingerprint density at radius 3 is 2.81 bits per heavy atom. The molecule has 144 valence electrons. The fourth-order valence-electron chi connectivity index (χ4n) is 4.33. The molecule has 0 saturated carbocycles. The Bertz CT molecular complexity index is 750. The molecule has 27 heavy (non-hydrogen) atoms. The Hall–Kier alpha value is -1.56. The highest BCUT2D eigenvalue weighted by Crippen LogP contribution is 2.31. The minimum absolute atomic E-state index is 0.101. The lowest BCUT2D eigenvalue weighted by molar-refractivity contribution is -0.140. The summed E-state index contributed by atoms with van der Waals surface area (Å²) in [5.41, 5.74) is 1.40. The predicted molar refractivity (Wildman–Crippen MR) is 109 cm³/mol. The number of amides is 1. The molecular weight excluding hydrogens is 380 g/mol. The van der Waals surface area contributed by atoms with Crippen molar-refractivity contribution in [3.8, 4) is 5.75 Å². The highest BCUT2D eigenvalue weighted by molar-refractivity contribution is 7.07. The number of piperidine rings is 2. The summed E-state index contributed by atoms with van der Waals surface area (Å²) in [7, 11) is 0. The van der Waals surface area contributed by atoms with Gasteiger partial charge < -0.3 is 9.64 Å². The third-order valence-corrected chi connectivity index (χ3v) is 6.62. The van der Waals surface area contributed by atoms with Crippen molar-refractivity contribution in [2.45, 2.75) is 31.8 Å². The fraction of sp³-hybridized carbons (Fsp3) is 0.476. The van der Waals surface area contributed by atoms with E-state index in [-0.39, 0.29) is 12.5 Å². The fourth-order valence-corrected chi connectivity index (χ4v) is 5.12. The molecule has 2 aliphatic heterocycles. The SMILES string of the molecule is O=C(COc1ccc(Cl)cc1)N1CCC[C@@H]2CN(Cc3ccsc3)CC[C@H]21. The second kappa shape index (κ2) is 8.63. The van der Waals surface area contributed by atoms with Gasteiger partial charge in [0, 0.05) is 37.2 Å². The van der Waals surface area contributed by atoms with Gasteiger partial charge in [-0.1, -0.05) is 11.6 Å². The van der Waals surface area contributed by atoms with Crippen molar-refractivity contribution in [3.63, 3.8) is 0 Å². The van der Waals surface area contributed by atoms with E-state index in [1.807, 2.05) is 0 Å². The van der Waals surface area contributed by atoms with Crippen LogP contribution >= 0.6 is 22.9 Å². The number of fused-ring (bicyclic) bond motifs is 1. The number of halogens is 1. The van der Waals surface area contributed by atoms with Crippen molar-refractivity contribution in [1.29, 1.82) is 0 Å². The number of ether oxygens (including phenoxy) is 1. The molecule has 2 fully saturated rings. The summed E-state index contributed by atoms with van der Waals surface area (Å²) in [6.07, 6.45) is 3.36. The van der Waals surface area contributed by atoms with Crippen LogP contribution in [0.5, 0.6) is 5.75 Å². The van der Waals surface area contributed by atoms with Gasteiger partial charge in [-0.3, -0.25) is 9.69 Å². The first-order valence-corrected chi connectivity index (χ1v) is 10.9. The summed E-state index contributed by atoms with van der Waals surface area (Å²) in [4.78, 5) is 17.4. The molecule has 6 heteroatoms. The van der Waals surface area contributed by atoms with Gasteiger partial charge in [-0.2, -0.15) is 11.3 Å². The molecule has 0 radical (unpaired) electrons.